The number of esters is 1. The Bertz CT molecular complexity index is 1300. The van der Waals surface area contributed by atoms with Crippen LogP contribution in [0.25, 0.3) is 0 Å². The standard InChI is InChI=1S/C31H32N2O6/c1-2-3-4-5-8-19-38-25-17-13-23(14-18-25)31(37)39-26-15-11-22(12-16-26)20-28(30(35)36)33-29(34)27-10-7-6-9-24(27)21-32/h6-7,9-18,28H,2-5,8,19-20H2,1H3,(H,33,34)(H,35,36)/t28-/m0/s1. The summed E-state index contributed by atoms with van der Waals surface area (Å²) in [5, 5.41) is 21.3. The van der Waals surface area contributed by atoms with Gasteiger partial charge in [0.2, 0.25) is 0 Å². The Kier molecular flexibility index (Phi) is 11.1. The van der Waals surface area contributed by atoms with Gasteiger partial charge in [-0.05, 0) is 60.5 Å². The number of ether oxygens (including phenoxy) is 2. The maximum atomic E-state index is 12.6. The first kappa shape index (κ1) is 28.9. The number of benzene rings is 3. The molecule has 8 heteroatoms. The summed E-state index contributed by atoms with van der Waals surface area (Å²) in [5.74, 6) is -1.39. The lowest BCUT2D eigenvalue weighted by Crippen LogP contribution is -2.42. The third-order valence-corrected chi connectivity index (χ3v) is 6.08. The van der Waals surface area contributed by atoms with Gasteiger partial charge in [0.1, 0.15) is 17.5 Å². The first-order chi connectivity index (χ1) is 18.9. The molecule has 3 aromatic rings. The van der Waals surface area contributed by atoms with E-state index in [9.17, 15) is 24.8 Å². The van der Waals surface area contributed by atoms with Crippen molar-refractivity contribution in [2.75, 3.05) is 6.61 Å². The molecule has 0 spiro atoms. The maximum absolute atomic E-state index is 12.6. The minimum Gasteiger partial charge on any atom is -0.494 e. The molecule has 0 aliphatic rings. The van der Waals surface area contributed by atoms with Crippen LogP contribution in [0.5, 0.6) is 11.5 Å². The van der Waals surface area contributed by atoms with E-state index in [4.69, 9.17) is 9.47 Å². The zero-order valence-electron chi connectivity index (χ0n) is 21.9. The number of nitriles is 1. The van der Waals surface area contributed by atoms with Crippen LogP contribution in [0.1, 0.15) is 70.9 Å². The molecule has 0 aliphatic carbocycles. The first-order valence-electron chi connectivity index (χ1n) is 13.0. The van der Waals surface area contributed by atoms with E-state index in [0.29, 0.717) is 29.2 Å². The van der Waals surface area contributed by atoms with Gasteiger partial charge in [-0.1, -0.05) is 56.9 Å². The number of aliphatic carboxylic acids is 1. The van der Waals surface area contributed by atoms with Crippen LogP contribution in [-0.2, 0) is 11.2 Å². The first-order valence-corrected chi connectivity index (χ1v) is 13.0. The summed E-state index contributed by atoms with van der Waals surface area (Å²) in [5.41, 5.74) is 1.26. The number of rotatable bonds is 14. The van der Waals surface area contributed by atoms with Crippen LogP contribution in [0.15, 0.2) is 72.8 Å². The van der Waals surface area contributed by atoms with Gasteiger partial charge < -0.3 is 19.9 Å². The average Bonchev–Trinajstić information content (AvgIpc) is 2.95. The number of nitrogens with zero attached hydrogens (tertiary/aromatic N) is 1. The molecule has 0 aromatic heterocycles. The number of hydrogen-bond acceptors (Lipinski definition) is 6. The van der Waals surface area contributed by atoms with Crippen molar-refractivity contribution in [3.63, 3.8) is 0 Å². The molecular formula is C31H32N2O6. The molecule has 0 heterocycles. The topological polar surface area (TPSA) is 126 Å². The van der Waals surface area contributed by atoms with Crippen LogP contribution in [0, 0.1) is 11.3 Å². The van der Waals surface area contributed by atoms with Crippen molar-refractivity contribution in [3.05, 3.63) is 95.1 Å². The lowest BCUT2D eigenvalue weighted by atomic mass is 10.0. The maximum Gasteiger partial charge on any atom is 0.343 e. The second-order valence-corrected chi connectivity index (χ2v) is 9.05. The van der Waals surface area contributed by atoms with Gasteiger partial charge in [-0.2, -0.15) is 5.26 Å². The molecule has 2 N–H and O–H groups in total. The van der Waals surface area contributed by atoms with Crippen molar-refractivity contribution in [2.24, 2.45) is 0 Å². The van der Waals surface area contributed by atoms with Crippen molar-refractivity contribution < 1.29 is 29.0 Å². The van der Waals surface area contributed by atoms with Crippen LogP contribution in [-0.4, -0.2) is 35.6 Å². The summed E-state index contributed by atoms with van der Waals surface area (Å²) < 4.78 is 11.2. The predicted molar refractivity (Wildman–Crippen MR) is 146 cm³/mol. The summed E-state index contributed by atoms with van der Waals surface area (Å²) >= 11 is 0. The smallest absolute Gasteiger partial charge is 0.343 e. The highest BCUT2D eigenvalue weighted by Crippen LogP contribution is 2.18. The number of amides is 1. The Balaban J connectivity index is 1.52. The van der Waals surface area contributed by atoms with E-state index in [-0.39, 0.29) is 17.5 Å². The second-order valence-electron chi connectivity index (χ2n) is 9.05. The number of carbonyl (C=O) groups is 3. The van der Waals surface area contributed by atoms with E-state index < -0.39 is 23.9 Å². The molecule has 0 aliphatic heterocycles. The lowest BCUT2D eigenvalue weighted by Gasteiger charge is -2.15. The average molecular weight is 529 g/mol. The predicted octanol–water partition coefficient (Wildman–Crippen LogP) is 5.55. The normalized spacial score (nSPS) is 11.2. The number of carbonyl (C=O) groups excluding carboxylic acids is 2. The van der Waals surface area contributed by atoms with Crippen molar-refractivity contribution in [1.82, 2.24) is 5.32 Å². The minimum atomic E-state index is -1.21. The van der Waals surface area contributed by atoms with Gasteiger partial charge in [-0.15, -0.1) is 0 Å². The Morgan fingerprint density at radius 2 is 1.56 bits per heavy atom. The zero-order chi connectivity index (χ0) is 28.0. The number of nitrogens with one attached hydrogen (secondary N) is 1. The number of hydrogen-bond donors (Lipinski definition) is 2. The quantitative estimate of drug-likeness (QED) is 0.160. The number of unbranched alkanes of at least 4 members (excludes halogenated alkanes) is 4. The van der Waals surface area contributed by atoms with E-state index in [0.717, 1.165) is 12.8 Å². The van der Waals surface area contributed by atoms with E-state index in [1.165, 1.54) is 31.4 Å². The zero-order valence-corrected chi connectivity index (χ0v) is 21.9. The van der Waals surface area contributed by atoms with E-state index in [2.05, 4.69) is 12.2 Å². The summed E-state index contributed by atoms with van der Waals surface area (Å²) in [4.78, 5) is 36.9. The lowest BCUT2D eigenvalue weighted by molar-refractivity contribution is -0.139. The van der Waals surface area contributed by atoms with Gasteiger partial charge in [-0.25, -0.2) is 9.59 Å². The SMILES string of the molecule is CCCCCCCOc1ccc(C(=O)Oc2ccc(C[C@H](NC(=O)c3ccccc3C#N)C(=O)O)cc2)cc1. The van der Waals surface area contributed by atoms with Crippen molar-refractivity contribution in [2.45, 2.75) is 51.5 Å². The number of carboxylic acid groups (broad SMARTS) is 1. The highest BCUT2D eigenvalue weighted by molar-refractivity contribution is 5.98. The highest BCUT2D eigenvalue weighted by atomic mass is 16.5. The largest absolute Gasteiger partial charge is 0.494 e. The molecule has 202 valence electrons. The Morgan fingerprint density at radius 1 is 0.897 bits per heavy atom. The van der Waals surface area contributed by atoms with Crippen LogP contribution in [0.2, 0.25) is 0 Å². The second kappa shape index (κ2) is 14.9. The molecule has 39 heavy (non-hydrogen) atoms. The van der Waals surface area contributed by atoms with E-state index in [1.807, 2.05) is 6.07 Å². The van der Waals surface area contributed by atoms with Gasteiger partial charge in [0, 0.05) is 6.42 Å². The fourth-order valence-corrected chi connectivity index (χ4v) is 3.89. The summed E-state index contributed by atoms with van der Waals surface area (Å²) in [6.07, 6.45) is 5.79. The molecule has 0 radical (unpaired) electrons. The molecule has 0 fully saturated rings. The van der Waals surface area contributed by atoms with Crippen molar-refractivity contribution in [1.29, 1.82) is 5.26 Å². The molecule has 0 saturated heterocycles. The molecule has 1 atom stereocenters. The third kappa shape index (κ3) is 9.00. The monoisotopic (exact) mass is 528 g/mol. The fraction of sp³-hybridized carbons (Fsp3) is 0.290. The van der Waals surface area contributed by atoms with Gasteiger partial charge in [0.05, 0.1) is 29.4 Å². The van der Waals surface area contributed by atoms with Crippen LogP contribution < -0.4 is 14.8 Å². The molecule has 1 amide bonds. The molecule has 3 rings (SSSR count). The Labute approximate surface area is 228 Å². The van der Waals surface area contributed by atoms with Crippen LogP contribution in [0.4, 0.5) is 0 Å². The summed E-state index contributed by atoms with van der Waals surface area (Å²) in [7, 11) is 0. The van der Waals surface area contributed by atoms with E-state index >= 15 is 0 Å². The minimum absolute atomic E-state index is 0.00405. The van der Waals surface area contributed by atoms with Gasteiger partial charge in [0.15, 0.2) is 0 Å². The van der Waals surface area contributed by atoms with Crippen LogP contribution in [0.3, 0.4) is 0 Å². The molecule has 0 bridgehead atoms. The highest BCUT2D eigenvalue weighted by Gasteiger charge is 2.22. The van der Waals surface area contributed by atoms with Gasteiger partial charge >= 0.3 is 11.9 Å². The third-order valence-electron chi connectivity index (χ3n) is 6.08. The number of carboxylic acids is 1. The van der Waals surface area contributed by atoms with E-state index in [1.54, 1.807) is 60.7 Å². The van der Waals surface area contributed by atoms with Gasteiger partial charge in [0.25, 0.3) is 5.91 Å². The Hall–Kier alpha value is -4.64. The molecular weight excluding hydrogens is 496 g/mol. The van der Waals surface area contributed by atoms with Crippen molar-refractivity contribution >= 4 is 17.8 Å². The summed E-state index contributed by atoms with van der Waals surface area (Å²) in [6, 6.07) is 20.0. The van der Waals surface area contributed by atoms with Gasteiger partial charge in [-0.3, -0.25) is 4.79 Å². The fourth-order valence-electron chi connectivity index (χ4n) is 3.89. The molecule has 0 saturated carbocycles. The summed E-state index contributed by atoms with van der Waals surface area (Å²) in [6.45, 7) is 2.82. The molecule has 3 aromatic carbocycles. The molecule has 8 nitrogen and oxygen atoms in total. The molecule has 0 unspecified atom stereocenters. The van der Waals surface area contributed by atoms with Crippen LogP contribution >= 0.6 is 0 Å². The van der Waals surface area contributed by atoms with Crippen molar-refractivity contribution in [3.8, 4) is 17.6 Å². The Morgan fingerprint density at radius 3 is 2.23 bits per heavy atom.